The average Bonchev–Trinajstić information content (AvgIpc) is 3.23. The second-order valence-corrected chi connectivity index (χ2v) is 13.2. The lowest BCUT2D eigenvalue weighted by atomic mass is 10.0. The molecule has 0 radical (unpaired) electrons. The van der Waals surface area contributed by atoms with Gasteiger partial charge in [0.25, 0.3) is 11.8 Å². The molecule has 2 atom stereocenters. The first-order chi connectivity index (χ1) is 28.8. The summed E-state index contributed by atoms with van der Waals surface area (Å²) < 4.78 is 67.8. The second-order valence-electron chi connectivity index (χ2n) is 13.2. The van der Waals surface area contributed by atoms with Gasteiger partial charge in [-0.15, -0.1) is 13.2 Å². The lowest BCUT2D eigenvalue weighted by molar-refractivity contribution is -0.121. The van der Waals surface area contributed by atoms with Crippen LogP contribution >= 0.6 is 0 Å². The van der Waals surface area contributed by atoms with Crippen LogP contribution in [0.15, 0.2) is 123 Å². The first kappa shape index (κ1) is 43.8. The number of anilines is 2. The molecule has 1 aromatic heterocycles. The fourth-order valence-corrected chi connectivity index (χ4v) is 6.29. The number of hydrogen-bond acceptors (Lipinski definition) is 8. The number of nitrogens with one attached hydrogen (secondary N) is 2. The van der Waals surface area contributed by atoms with Gasteiger partial charge in [0.05, 0.1) is 37.7 Å². The minimum absolute atomic E-state index is 0.0290. The standard InChI is InChI=1S/C44H40F4N6O6/c1-5-15-53(33-7-11-35(59-3)12-8-33)43(57)39(21-27-17-29(45)23-30(46)18-27)51-41(55)37-25-49-50-26-38(37)42(56)52-40(22-28-19-31(47)24-32(48)20-28)44(58)54(16-6-2)34-9-13-36(60-4)14-10-34/h5-14,17-20,23-26,39-40H,1-2,15-16,21-22H2,3-4H3,(H,51,55)(H,52,56)/t39-,40?/m0/s1. The lowest BCUT2D eigenvalue weighted by Gasteiger charge is -2.28. The van der Waals surface area contributed by atoms with E-state index < -0.39 is 82.9 Å². The molecule has 1 heterocycles. The van der Waals surface area contributed by atoms with Crippen LogP contribution < -0.4 is 29.9 Å². The van der Waals surface area contributed by atoms with Crippen LogP contribution in [0, 0.1) is 23.3 Å². The van der Waals surface area contributed by atoms with E-state index >= 15 is 0 Å². The van der Waals surface area contributed by atoms with Crippen LogP contribution in [0.4, 0.5) is 28.9 Å². The topological polar surface area (TPSA) is 143 Å². The molecule has 5 aromatic rings. The highest BCUT2D eigenvalue weighted by Crippen LogP contribution is 2.24. The van der Waals surface area contributed by atoms with Crippen LogP contribution in [0.3, 0.4) is 0 Å². The van der Waals surface area contributed by atoms with Gasteiger partial charge in [0.15, 0.2) is 0 Å². The molecule has 0 fully saturated rings. The van der Waals surface area contributed by atoms with Gasteiger partial charge in [-0.25, -0.2) is 17.6 Å². The first-order valence-electron chi connectivity index (χ1n) is 18.3. The third-order valence-electron chi connectivity index (χ3n) is 9.07. The summed E-state index contributed by atoms with van der Waals surface area (Å²) in [4.78, 5) is 59.4. The Kier molecular flexibility index (Phi) is 14.9. The Balaban J connectivity index is 1.49. The highest BCUT2D eigenvalue weighted by atomic mass is 19.1. The zero-order valence-corrected chi connectivity index (χ0v) is 32.5. The minimum atomic E-state index is -1.49. The van der Waals surface area contributed by atoms with Crippen LogP contribution in [0.1, 0.15) is 31.8 Å². The Bertz CT molecular complexity index is 2160. The van der Waals surface area contributed by atoms with E-state index in [4.69, 9.17) is 9.47 Å². The van der Waals surface area contributed by atoms with E-state index in [2.05, 4.69) is 34.0 Å². The molecule has 0 bridgehead atoms. The minimum Gasteiger partial charge on any atom is -0.497 e. The third kappa shape index (κ3) is 11.2. The number of methoxy groups -OCH3 is 2. The van der Waals surface area contributed by atoms with Gasteiger partial charge in [-0.2, -0.15) is 10.2 Å². The van der Waals surface area contributed by atoms with E-state index in [1.54, 1.807) is 48.5 Å². The van der Waals surface area contributed by atoms with Crippen molar-refractivity contribution in [2.24, 2.45) is 0 Å². The predicted octanol–water partition coefficient (Wildman–Crippen LogP) is 6.17. The zero-order chi connectivity index (χ0) is 43.3. The van der Waals surface area contributed by atoms with Crippen molar-refractivity contribution in [3.8, 4) is 11.5 Å². The molecule has 0 aliphatic carbocycles. The average molecular weight is 825 g/mol. The van der Waals surface area contributed by atoms with Gasteiger partial charge >= 0.3 is 0 Å². The van der Waals surface area contributed by atoms with Crippen LogP contribution in [0.5, 0.6) is 11.5 Å². The van der Waals surface area contributed by atoms with Crippen molar-refractivity contribution in [2.75, 3.05) is 37.1 Å². The van der Waals surface area contributed by atoms with Crippen LogP contribution in [-0.2, 0) is 22.4 Å². The molecule has 4 amide bonds. The molecule has 12 nitrogen and oxygen atoms in total. The summed E-state index contributed by atoms with van der Waals surface area (Å²) >= 11 is 0. The number of aromatic nitrogens is 2. The molecular formula is C44H40F4N6O6. The van der Waals surface area contributed by atoms with Crippen molar-refractivity contribution in [3.05, 3.63) is 168 Å². The van der Waals surface area contributed by atoms with E-state index in [0.29, 0.717) is 35.0 Å². The molecule has 5 rings (SSSR count). The third-order valence-corrected chi connectivity index (χ3v) is 9.07. The number of ether oxygens (including phenoxy) is 2. The molecule has 0 saturated carbocycles. The molecule has 310 valence electrons. The molecule has 4 aromatic carbocycles. The normalized spacial score (nSPS) is 11.7. The number of amides is 4. The predicted molar refractivity (Wildman–Crippen MR) is 216 cm³/mol. The van der Waals surface area contributed by atoms with Crippen molar-refractivity contribution in [1.82, 2.24) is 20.8 Å². The molecule has 0 saturated heterocycles. The van der Waals surface area contributed by atoms with E-state index in [9.17, 15) is 36.7 Å². The molecular weight excluding hydrogens is 785 g/mol. The molecule has 0 spiro atoms. The van der Waals surface area contributed by atoms with Crippen LogP contribution in [0.2, 0.25) is 0 Å². The number of halogens is 4. The monoisotopic (exact) mass is 824 g/mol. The maximum Gasteiger partial charge on any atom is 0.254 e. The van der Waals surface area contributed by atoms with Crippen molar-refractivity contribution in [2.45, 2.75) is 24.9 Å². The van der Waals surface area contributed by atoms with Gasteiger partial charge in [-0.1, -0.05) is 12.2 Å². The van der Waals surface area contributed by atoms with Gasteiger partial charge in [-0.3, -0.25) is 19.2 Å². The van der Waals surface area contributed by atoms with Gasteiger partial charge in [0.2, 0.25) is 11.8 Å². The van der Waals surface area contributed by atoms with Gasteiger partial charge < -0.3 is 29.9 Å². The molecule has 60 heavy (non-hydrogen) atoms. The summed E-state index contributed by atoms with van der Waals surface area (Å²) in [5, 5.41) is 12.7. The second kappa shape index (κ2) is 20.4. The fraction of sp³-hybridized carbons (Fsp3) is 0.182. The summed E-state index contributed by atoms with van der Waals surface area (Å²) in [7, 11) is 2.94. The Morgan fingerprint density at radius 3 is 1.23 bits per heavy atom. The summed E-state index contributed by atoms with van der Waals surface area (Å²) in [6.07, 6.45) is 4.01. The molecule has 0 aliphatic heterocycles. The van der Waals surface area contributed by atoms with Crippen molar-refractivity contribution >= 4 is 35.0 Å². The number of carbonyl (C=O) groups is 4. The van der Waals surface area contributed by atoms with E-state index in [-0.39, 0.29) is 24.2 Å². The quantitative estimate of drug-likeness (QED) is 0.0790. The molecule has 16 heteroatoms. The van der Waals surface area contributed by atoms with Gasteiger partial charge in [-0.05, 0) is 83.9 Å². The maximum absolute atomic E-state index is 14.3. The van der Waals surface area contributed by atoms with Crippen molar-refractivity contribution in [1.29, 1.82) is 0 Å². The van der Waals surface area contributed by atoms with Gasteiger partial charge in [0, 0.05) is 49.4 Å². The Morgan fingerprint density at radius 2 is 0.933 bits per heavy atom. The maximum atomic E-state index is 14.3. The Morgan fingerprint density at radius 1 is 0.600 bits per heavy atom. The first-order valence-corrected chi connectivity index (χ1v) is 18.3. The largest absolute Gasteiger partial charge is 0.497 e. The lowest BCUT2D eigenvalue weighted by Crippen LogP contribution is -2.51. The smallest absolute Gasteiger partial charge is 0.254 e. The van der Waals surface area contributed by atoms with Crippen LogP contribution in [-0.4, -0.2) is 73.2 Å². The number of carbonyl (C=O) groups excluding carboxylic acids is 4. The Labute approximate surface area is 343 Å². The zero-order valence-electron chi connectivity index (χ0n) is 32.5. The highest BCUT2D eigenvalue weighted by molar-refractivity contribution is 6.10. The summed E-state index contributed by atoms with van der Waals surface area (Å²) in [6.45, 7) is 7.37. The number of rotatable bonds is 18. The van der Waals surface area contributed by atoms with Crippen LogP contribution in [0.25, 0.3) is 0 Å². The summed E-state index contributed by atoms with van der Waals surface area (Å²) in [6, 6.07) is 15.2. The van der Waals surface area contributed by atoms with Crippen molar-refractivity contribution in [3.63, 3.8) is 0 Å². The fourth-order valence-electron chi connectivity index (χ4n) is 6.29. The van der Waals surface area contributed by atoms with E-state index in [1.807, 2.05) is 0 Å². The van der Waals surface area contributed by atoms with Gasteiger partial charge in [0.1, 0.15) is 46.9 Å². The molecule has 0 aliphatic rings. The number of benzene rings is 4. The molecule has 2 N–H and O–H groups in total. The summed E-state index contributed by atoms with van der Waals surface area (Å²) in [5.74, 6) is -6.10. The number of nitrogens with zero attached hydrogens (tertiary/aromatic N) is 4. The highest BCUT2D eigenvalue weighted by Gasteiger charge is 2.32. The SMILES string of the molecule is C=CCN(C(=O)C(Cc1cc(F)cc(F)c1)NC(=O)c1cnncc1C(=O)N[C@@H](Cc1cc(F)cc(F)c1)C(=O)N(CC=C)c1ccc(OC)cc1)c1ccc(OC)cc1. The number of hydrogen-bond donors (Lipinski definition) is 2. The van der Waals surface area contributed by atoms with Crippen molar-refractivity contribution < 1.29 is 46.2 Å². The van der Waals surface area contributed by atoms with E-state index in [1.165, 1.54) is 36.2 Å². The Hall–Kier alpha value is -7.36. The van der Waals surface area contributed by atoms with E-state index in [0.717, 1.165) is 36.7 Å². The molecule has 1 unspecified atom stereocenters. The summed E-state index contributed by atoms with van der Waals surface area (Å²) in [5.41, 5.74) is 0.0239.